The van der Waals surface area contributed by atoms with Gasteiger partial charge in [-0.05, 0) is 12.1 Å². The zero-order valence-corrected chi connectivity index (χ0v) is 13.2. The van der Waals surface area contributed by atoms with Gasteiger partial charge in [0, 0.05) is 18.4 Å². The van der Waals surface area contributed by atoms with Crippen LogP contribution in [0.1, 0.15) is 16.2 Å². The maximum atomic E-state index is 14.0. The van der Waals surface area contributed by atoms with Crippen molar-refractivity contribution in [2.75, 3.05) is 25.2 Å². The van der Waals surface area contributed by atoms with Crippen LogP contribution in [0.15, 0.2) is 22.7 Å². The number of hydrogen-bond acceptors (Lipinski definition) is 6. The third-order valence-electron chi connectivity index (χ3n) is 2.86. The lowest BCUT2D eigenvalue weighted by molar-refractivity contribution is -0.159. The van der Waals surface area contributed by atoms with E-state index in [1.165, 1.54) is 31.0 Å². The summed E-state index contributed by atoms with van der Waals surface area (Å²) in [6.07, 6.45) is -4.78. The zero-order chi connectivity index (χ0) is 17.7. The van der Waals surface area contributed by atoms with Crippen molar-refractivity contribution >= 4 is 17.5 Å². The highest BCUT2D eigenvalue weighted by Crippen LogP contribution is 2.29. The summed E-state index contributed by atoms with van der Waals surface area (Å²) >= 11 is 1.29. The smallest absolute Gasteiger partial charge is 0.384 e. The molecule has 0 aliphatic carbocycles. The van der Waals surface area contributed by atoms with Gasteiger partial charge in [0.1, 0.15) is 5.82 Å². The first-order chi connectivity index (χ1) is 11.3. The summed E-state index contributed by atoms with van der Waals surface area (Å²) in [5.41, 5.74) is -0.168. The van der Waals surface area contributed by atoms with Gasteiger partial charge in [-0.2, -0.15) is 29.9 Å². The van der Waals surface area contributed by atoms with Crippen LogP contribution in [0.5, 0.6) is 0 Å². The van der Waals surface area contributed by atoms with Crippen molar-refractivity contribution in [3.63, 3.8) is 0 Å². The number of halogens is 4. The number of benzene rings is 1. The van der Waals surface area contributed by atoms with Gasteiger partial charge in [0.15, 0.2) is 5.78 Å². The quantitative estimate of drug-likeness (QED) is 0.426. The minimum atomic E-state index is -4.78. The van der Waals surface area contributed by atoms with Crippen molar-refractivity contribution in [1.82, 2.24) is 10.1 Å². The normalized spacial score (nSPS) is 11.7. The summed E-state index contributed by atoms with van der Waals surface area (Å²) in [5.74, 6) is -2.56. The van der Waals surface area contributed by atoms with Crippen molar-refractivity contribution in [1.29, 1.82) is 0 Å². The number of rotatable bonds is 7. The van der Waals surface area contributed by atoms with Gasteiger partial charge in [-0.3, -0.25) is 4.79 Å². The van der Waals surface area contributed by atoms with Gasteiger partial charge in [-0.15, -0.1) is 0 Å². The molecule has 1 aromatic carbocycles. The Morgan fingerprint density at radius 1 is 1.38 bits per heavy atom. The molecule has 0 N–H and O–H groups in total. The predicted molar refractivity (Wildman–Crippen MR) is 78.2 cm³/mol. The molecule has 0 aliphatic heterocycles. The minimum Gasteiger partial charge on any atom is -0.384 e. The molecular weight excluding hydrogens is 352 g/mol. The van der Waals surface area contributed by atoms with Gasteiger partial charge in [-0.1, -0.05) is 11.2 Å². The number of carbonyl (C=O) groups is 1. The van der Waals surface area contributed by atoms with E-state index < -0.39 is 29.5 Å². The summed E-state index contributed by atoms with van der Waals surface area (Å²) in [5, 5.41) is 3.16. The fourth-order valence-corrected chi connectivity index (χ4v) is 2.49. The van der Waals surface area contributed by atoms with Gasteiger partial charge in [-0.25, -0.2) is 4.39 Å². The van der Waals surface area contributed by atoms with Gasteiger partial charge >= 0.3 is 12.1 Å². The Bertz CT molecular complexity index is 718. The van der Waals surface area contributed by atoms with Crippen molar-refractivity contribution in [2.45, 2.75) is 6.18 Å². The van der Waals surface area contributed by atoms with Crippen LogP contribution in [0.3, 0.4) is 0 Å². The number of nitrogens with zero attached hydrogens (tertiary/aromatic N) is 2. The second-order valence-electron chi connectivity index (χ2n) is 4.58. The third-order valence-corrected chi connectivity index (χ3v) is 3.78. The fraction of sp³-hybridized carbons (Fsp3) is 0.357. The van der Waals surface area contributed by atoms with Gasteiger partial charge < -0.3 is 9.26 Å². The molecule has 0 radical (unpaired) electrons. The van der Waals surface area contributed by atoms with E-state index in [-0.39, 0.29) is 16.9 Å². The van der Waals surface area contributed by atoms with Crippen LogP contribution in [0, 0.1) is 5.82 Å². The molecule has 1 aromatic heterocycles. The minimum absolute atomic E-state index is 0.0182. The summed E-state index contributed by atoms with van der Waals surface area (Å²) in [6.45, 7) is 0.471. The highest BCUT2D eigenvalue weighted by molar-refractivity contribution is 8.00. The molecule has 0 saturated carbocycles. The molecule has 24 heavy (non-hydrogen) atoms. The lowest BCUT2D eigenvalue weighted by Gasteiger charge is -2.04. The summed E-state index contributed by atoms with van der Waals surface area (Å²) in [6, 6.07) is 3.35. The summed E-state index contributed by atoms with van der Waals surface area (Å²) in [4.78, 5) is 15.1. The number of alkyl halides is 3. The molecule has 10 heteroatoms. The van der Waals surface area contributed by atoms with Crippen molar-refractivity contribution in [3.8, 4) is 11.4 Å². The average Bonchev–Trinajstić information content (AvgIpc) is 3.01. The Kier molecular flexibility index (Phi) is 5.94. The van der Waals surface area contributed by atoms with Crippen LogP contribution < -0.4 is 0 Å². The maximum Gasteiger partial charge on any atom is 0.471 e. The number of ether oxygens (including phenoxy) is 1. The number of Topliss-reactive ketones (excluding diaryl/α,β-unsaturated/α-hetero) is 1. The topological polar surface area (TPSA) is 65.2 Å². The third kappa shape index (κ3) is 4.54. The number of hydrogen-bond donors (Lipinski definition) is 0. The highest BCUT2D eigenvalue weighted by Gasteiger charge is 2.38. The summed E-state index contributed by atoms with van der Waals surface area (Å²) in [7, 11) is 1.53. The molecule has 0 spiro atoms. The largest absolute Gasteiger partial charge is 0.471 e. The Morgan fingerprint density at radius 2 is 2.12 bits per heavy atom. The second-order valence-corrected chi connectivity index (χ2v) is 5.69. The fourth-order valence-electron chi connectivity index (χ4n) is 1.72. The van der Waals surface area contributed by atoms with Gasteiger partial charge in [0.25, 0.3) is 0 Å². The van der Waals surface area contributed by atoms with Gasteiger partial charge in [0.2, 0.25) is 5.82 Å². The lowest BCUT2D eigenvalue weighted by atomic mass is 10.1. The lowest BCUT2D eigenvalue weighted by Crippen LogP contribution is -2.07. The van der Waals surface area contributed by atoms with E-state index in [1.807, 2.05) is 0 Å². The number of thioether (sulfide) groups is 1. The molecule has 2 rings (SSSR count). The Labute approximate surface area is 138 Å². The molecule has 0 bridgehead atoms. The molecule has 130 valence electrons. The first-order valence-corrected chi connectivity index (χ1v) is 7.79. The molecule has 0 atom stereocenters. The molecule has 2 aromatic rings. The van der Waals surface area contributed by atoms with Gasteiger partial charge in [0.05, 0.1) is 17.9 Å². The Balaban J connectivity index is 2.12. The van der Waals surface area contributed by atoms with E-state index in [1.54, 1.807) is 0 Å². The molecule has 0 fully saturated rings. The van der Waals surface area contributed by atoms with Crippen LogP contribution in [0.2, 0.25) is 0 Å². The van der Waals surface area contributed by atoms with Crippen molar-refractivity contribution in [2.24, 2.45) is 0 Å². The van der Waals surface area contributed by atoms with E-state index in [0.717, 1.165) is 6.07 Å². The maximum absolute atomic E-state index is 14.0. The van der Waals surface area contributed by atoms with Crippen LogP contribution in [-0.4, -0.2) is 41.1 Å². The van der Waals surface area contributed by atoms with Crippen LogP contribution in [-0.2, 0) is 10.9 Å². The van der Waals surface area contributed by atoms with Crippen molar-refractivity contribution < 1.29 is 31.6 Å². The van der Waals surface area contributed by atoms with Crippen LogP contribution in [0.25, 0.3) is 11.4 Å². The first-order valence-electron chi connectivity index (χ1n) is 6.63. The highest BCUT2D eigenvalue weighted by atomic mass is 32.2. The predicted octanol–water partition coefficient (Wildman–Crippen LogP) is 3.46. The van der Waals surface area contributed by atoms with E-state index in [9.17, 15) is 22.4 Å². The van der Waals surface area contributed by atoms with E-state index in [0.29, 0.717) is 12.4 Å². The summed E-state index contributed by atoms with van der Waals surface area (Å²) < 4.78 is 60.2. The number of carbonyl (C=O) groups excluding carboxylic acids is 1. The SMILES string of the molecule is COCCSCC(=O)c1ccc(-c2noc(C(F)(F)F)n2)cc1F. The molecule has 0 saturated heterocycles. The number of methoxy groups -OCH3 is 1. The number of aromatic nitrogens is 2. The standard InChI is InChI=1S/C14H12F4N2O3S/c1-22-4-5-24-7-11(21)9-3-2-8(6-10(9)15)12-19-13(23-20-12)14(16,17)18/h2-3,6H,4-5,7H2,1H3. The van der Waals surface area contributed by atoms with Crippen LogP contribution >= 0.6 is 11.8 Å². The molecule has 0 unspecified atom stereocenters. The Morgan fingerprint density at radius 3 is 2.71 bits per heavy atom. The van der Waals surface area contributed by atoms with Crippen molar-refractivity contribution in [3.05, 3.63) is 35.5 Å². The Hall–Kier alpha value is -1.94. The zero-order valence-electron chi connectivity index (χ0n) is 12.4. The monoisotopic (exact) mass is 364 g/mol. The average molecular weight is 364 g/mol. The molecule has 1 heterocycles. The van der Waals surface area contributed by atoms with E-state index in [2.05, 4.69) is 14.7 Å². The first kappa shape index (κ1) is 18.4. The molecule has 0 amide bonds. The van der Waals surface area contributed by atoms with E-state index in [4.69, 9.17) is 4.74 Å². The molecular formula is C14H12F4N2O3S. The molecule has 5 nitrogen and oxygen atoms in total. The number of ketones is 1. The van der Waals surface area contributed by atoms with E-state index >= 15 is 0 Å². The second kappa shape index (κ2) is 7.75. The van der Waals surface area contributed by atoms with Crippen LogP contribution in [0.4, 0.5) is 17.6 Å². The molecule has 0 aliphatic rings.